The lowest BCUT2D eigenvalue weighted by Gasteiger charge is -2.41. The van der Waals surface area contributed by atoms with Crippen molar-refractivity contribution < 1.29 is 49.3 Å². The summed E-state index contributed by atoms with van der Waals surface area (Å²) in [6.07, 6.45) is 64.0. The Hall–Kier alpha value is -2.90. The first-order chi connectivity index (χ1) is 39.7. The normalized spacial score (nSPS) is 19.1. The molecule has 0 spiro atoms. The Morgan fingerprint density at radius 2 is 0.901 bits per heavy atom. The fraction of sp³-hybridized carbons (Fsp3) is 0.800. The van der Waals surface area contributed by atoms with Gasteiger partial charge in [0, 0.05) is 6.42 Å². The van der Waals surface area contributed by atoms with Crippen molar-refractivity contribution in [2.24, 2.45) is 0 Å². The van der Waals surface area contributed by atoms with Crippen LogP contribution in [0.3, 0.4) is 0 Å². The SMILES string of the molecule is CC/C=C/C=C/C=C\C=C/CCCCC(O)C(=O)NC(COC1OC(CO)C(O)C(O)C1OC(=O)CCCCCCCCCCCCCCCCCCC/C=C/CCCCCCCC)C(O)/C=C/CCCCCCCCCCCCC. The molecule has 11 nitrogen and oxygen atoms in total. The molecule has 1 aliphatic heterocycles. The first-order valence-electron chi connectivity index (χ1n) is 33.8. The van der Waals surface area contributed by atoms with Gasteiger partial charge < -0.3 is 45.1 Å². The maximum atomic E-state index is 13.4. The van der Waals surface area contributed by atoms with Crippen LogP contribution in [-0.4, -0.2) is 99.6 Å². The van der Waals surface area contributed by atoms with E-state index in [0.29, 0.717) is 12.8 Å². The van der Waals surface area contributed by atoms with Crippen LogP contribution in [0.5, 0.6) is 0 Å². The Morgan fingerprint density at radius 3 is 1.37 bits per heavy atom. The summed E-state index contributed by atoms with van der Waals surface area (Å²) in [5.74, 6) is -1.23. The Bertz CT molecular complexity index is 1590. The molecule has 470 valence electrons. The van der Waals surface area contributed by atoms with Crippen LogP contribution in [-0.2, 0) is 23.8 Å². The van der Waals surface area contributed by atoms with Crippen LogP contribution >= 0.6 is 0 Å². The molecule has 0 aromatic heterocycles. The summed E-state index contributed by atoms with van der Waals surface area (Å²) in [4.78, 5) is 26.6. The van der Waals surface area contributed by atoms with E-state index in [1.165, 1.54) is 193 Å². The highest BCUT2D eigenvalue weighted by Gasteiger charge is 2.47. The van der Waals surface area contributed by atoms with E-state index < -0.39 is 67.4 Å². The van der Waals surface area contributed by atoms with E-state index in [2.05, 4.69) is 44.3 Å². The zero-order valence-electron chi connectivity index (χ0n) is 52.1. The van der Waals surface area contributed by atoms with Crippen LogP contribution < -0.4 is 5.32 Å². The first-order valence-corrected chi connectivity index (χ1v) is 33.8. The fourth-order valence-corrected chi connectivity index (χ4v) is 10.4. The van der Waals surface area contributed by atoms with Gasteiger partial charge in [-0.3, -0.25) is 9.59 Å². The van der Waals surface area contributed by atoms with Crippen molar-refractivity contribution in [2.45, 2.75) is 346 Å². The minimum Gasteiger partial charge on any atom is -0.454 e. The number of nitrogens with one attached hydrogen (secondary N) is 1. The van der Waals surface area contributed by atoms with Gasteiger partial charge in [0.25, 0.3) is 0 Å². The number of rotatable bonds is 57. The second-order valence-electron chi connectivity index (χ2n) is 23.3. The van der Waals surface area contributed by atoms with Crippen molar-refractivity contribution in [3.8, 4) is 0 Å². The molecule has 0 aliphatic carbocycles. The van der Waals surface area contributed by atoms with Gasteiger partial charge in [-0.25, -0.2) is 0 Å². The Balaban J connectivity index is 2.55. The molecule has 1 saturated heterocycles. The molecular formula is C70H125NO10. The van der Waals surface area contributed by atoms with Crippen LogP contribution in [0, 0.1) is 0 Å². The number of esters is 1. The lowest BCUT2D eigenvalue weighted by molar-refractivity contribution is -0.305. The van der Waals surface area contributed by atoms with Crippen LogP contribution in [0.2, 0.25) is 0 Å². The average Bonchev–Trinajstić information content (AvgIpc) is 3.50. The van der Waals surface area contributed by atoms with Crippen LogP contribution in [0.25, 0.3) is 0 Å². The number of hydrogen-bond donors (Lipinski definition) is 6. The summed E-state index contributed by atoms with van der Waals surface area (Å²) in [5, 5.41) is 57.0. The van der Waals surface area contributed by atoms with Gasteiger partial charge >= 0.3 is 5.97 Å². The van der Waals surface area contributed by atoms with E-state index >= 15 is 0 Å². The summed E-state index contributed by atoms with van der Waals surface area (Å²) in [6, 6.07) is -1.05. The highest BCUT2D eigenvalue weighted by atomic mass is 16.7. The van der Waals surface area contributed by atoms with Gasteiger partial charge in [0.15, 0.2) is 12.4 Å². The fourth-order valence-electron chi connectivity index (χ4n) is 10.4. The van der Waals surface area contributed by atoms with Gasteiger partial charge in [-0.05, 0) is 70.6 Å². The van der Waals surface area contributed by atoms with E-state index in [-0.39, 0.29) is 19.4 Å². The lowest BCUT2D eigenvalue weighted by atomic mass is 9.99. The quantitative estimate of drug-likeness (QED) is 0.0149. The van der Waals surface area contributed by atoms with Gasteiger partial charge in [0.05, 0.1) is 25.4 Å². The zero-order valence-corrected chi connectivity index (χ0v) is 52.1. The third kappa shape index (κ3) is 45.2. The number of ether oxygens (including phenoxy) is 3. The Morgan fingerprint density at radius 1 is 0.494 bits per heavy atom. The molecule has 0 aromatic carbocycles. The van der Waals surface area contributed by atoms with Crippen molar-refractivity contribution in [1.82, 2.24) is 5.32 Å². The topological polar surface area (TPSA) is 175 Å². The molecule has 1 aliphatic rings. The molecule has 0 bridgehead atoms. The van der Waals surface area contributed by atoms with Crippen molar-refractivity contribution in [3.63, 3.8) is 0 Å². The van der Waals surface area contributed by atoms with E-state index in [1.54, 1.807) is 6.08 Å². The van der Waals surface area contributed by atoms with Crippen LogP contribution in [0.1, 0.15) is 297 Å². The van der Waals surface area contributed by atoms with Crippen LogP contribution in [0.4, 0.5) is 0 Å². The summed E-state index contributed by atoms with van der Waals surface area (Å²) >= 11 is 0. The Labute approximate surface area is 496 Å². The maximum Gasteiger partial charge on any atom is 0.306 e. The number of unbranched alkanes of at least 4 members (excludes halogenated alkanes) is 36. The standard InChI is InChI=1S/C70H125NO10/c1-4-7-10-13-16-19-22-25-26-27-28-29-30-31-32-33-34-35-36-37-38-40-43-46-49-52-55-58-65(75)81-68-67(77)66(76)64(59-72)80-70(68)79-60-61(62(73)56-53-50-47-44-42-39-23-20-17-14-11-8-5-2)71-69(78)63(74)57-54-51-48-45-41-24-21-18-15-12-9-6-3/h9,12,15,18,21,24-26,41,45,53,56,61-64,66-68,70,72-74,76-77H,4-8,10-11,13-14,16-17,19-20,22-23,27-40,42-44,46-52,54-55,57-60H2,1-3H3,(H,71,78)/b12-9+,18-15+,24-21-,26-25+,45-41-,56-53+. The van der Waals surface area contributed by atoms with E-state index in [9.17, 15) is 35.1 Å². The highest BCUT2D eigenvalue weighted by Crippen LogP contribution is 2.26. The van der Waals surface area contributed by atoms with Crippen molar-refractivity contribution in [1.29, 1.82) is 0 Å². The number of carbonyl (C=O) groups excluding carboxylic acids is 2. The molecule has 0 aromatic rings. The molecule has 11 heteroatoms. The van der Waals surface area contributed by atoms with E-state index in [4.69, 9.17) is 14.2 Å². The summed E-state index contributed by atoms with van der Waals surface area (Å²) in [5.41, 5.74) is 0. The second kappa shape index (κ2) is 57.5. The van der Waals surface area contributed by atoms with Crippen molar-refractivity contribution >= 4 is 11.9 Å². The number of amides is 1. The number of carbonyl (C=O) groups is 2. The number of aliphatic hydroxyl groups is 5. The van der Waals surface area contributed by atoms with Gasteiger partial charge in [-0.1, -0.05) is 293 Å². The largest absolute Gasteiger partial charge is 0.454 e. The van der Waals surface area contributed by atoms with Crippen molar-refractivity contribution in [2.75, 3.05) is 13.2 Å². The summed E-state index contributed by atoms with van der Waals surface area (Å²) < 4.78 is 17.6. The van der Waals surface area contributed by atoms with Gasteiger partial charge in [0.1, 0.15) is 24.4 Å². The van der Waals surface area contributed by atoms with Gasteiger partial charge in [-0.2, -0.15) is 0 Å². The molecule has 8 atom stereocenters. The van der Waals surface area contributed by atoms with Gasteiger partial charge in [0.2, 0.25) is 5.91 Å². The molecule has 0 radical (unpaired) electrons. The highest BCUT2D eigenvalue weighted by molar-refractivity contribution is 5.80. The molecular weight excluding hydrogens is 1010 g/mol. The second-order valence-corrected chi connectivity index (χ2v) is 23.3. The third-order valence-electron chi connectivity index (χ3n) is 15.7. The monoisotopic (exact) mass is 1140 g/mol. The molecule has 8 unspecified atom stereocenters. The number of aliphatic hydroxyl groups excluding tert-OH is 5. The molecule has 1 rings (SSSR count). The maximum absolute atomic E-state index is 13.4. The summed E-state index contributed by atoms with van der Waals surface area (Å²) in [6.45, 7) is 5.63. The predicted molar refractivity (Wildman–Crippen MR) is 338 cm³/mol. The van der Waals surface area contributed by atoms with Crippen molar-refractivity contribution in [3.05, 3.63) is 72.9 Å². The molecule has 81 heavy (non-hydrogen) atoms. The van der Waals surface area contributed by atoms with E-state index in [1.807, 2.05) is 48.6 Å². The number of allylic oxidation sites excluding steroid dienone is 11. The molecule has 0 saturated carbocycles. The third-order valence-corrected chi connectivity index (χ3v) is 15.7. The average molecular weight is 1140 g/mol. The minimum absolute atomic E-state index is 0.119. The van der Waals surface area contributed by atoms with E-state index in [0.717, 1.165) is 57.8 Å². The molecule has 1 amide bonds. The smallest absolute Gasteiger partial charge is 0.306 e. The molecule has 6 N–H and O–H groups in total. The summed E-state index contributed by atoms with van der Waals surface area (Å²) in [7, 11) is 0. The zero-order chi connectivity index (χ0) is 58.9. The lowest BCUT2D eigenvalue weighted by Crippen LogP contribution is -2.61. The Kier molecular flexibility index (Phi) is 54.1. The van der Waals surface area contributed by atoms with Crippen LogP contribution in [0.15, 0.2) is 72.9 Å². The minimum atomic E-state index is -1.62. The molecule has 1 fully saturated rings. The molecule has 1 heterocycles. The first kappa shape index (κ1) is 76.1. The number of hydrogen-bond acceptors (Lipinski definition) is 10. The predicted octanol–water partition coefficient (Wildman–Crippen LogP) is 16.7. The van der Waals surface area contributed by atoms with Gasteiger partial charge in [-0.15, -0.1) is 0 Å².